The first kappa shape index (κ1) is 14.2. The van der Waals surface area contributed by atoms with Crippen molar-refractivity contribution in [3.8, 4) is 5.75 Å². The van der Waals surface area contributed by atoms with Crippen molar-refractivity contribution >= 4 is 0 Å². The van der Waals surface area contributed by atoms with E-state index in [4.69, 9.17) is 4.74 Å². The van der Waals surface area contributed by atoms with Crippen LogP contribution in [0.5, 0.6) is 5.75 Å². The zero-order chi connectivity index (χ0) is 14.7. The van der Waals surface area contributed by atoms with Gasteiger partial charge in [-0.1, -0.05) is 49.4 Å². The van der Waals surface area contributed by atoms with Gasteiger partial charge in [-0.2, -0.15) is 0 Å². The lowest BCUT2D eigenvalue weighted by molar-refractivity contribution is 0.356. The molecule has 0 saturated heterocycles. The van der Waals surface area contributed by atoms with E-state index >= 15 is 0 Å². The summed E-state index contributed by atoms with van der Waals surface area (Å²) in [5.41, 5.74) is 4.05. The van der Waals surface area contributed by atoms with Gasteiger partial charge in [0.2, 0.25) is 0 Å². The van der Waals surface area contributed by atoms with Gasteiger partial charge in [-0.05, 0) is 36.1 Å². The average Bonchev–Trinajstić information content (AvgIpc) is 3.00. The Labute approximate surface area is 127 Å². The highest BCUT2D eigenvalue weighted by Crippen LogP contribution is 2.30. The summed E-state index contributed by atoms with van der Waals surface area (Å²) in [6, 6.07) is 18.0. The number of benzene rings is 2. The van der Waals surface area contributed by atoms with Crippen LogP contribution in [0, 0.1) is 0 Å². The Balaban J connectivity index is 1.76. The number of ether oxygens (including phenoxy) is 1. The second kappa shape index (κ2) is 6.31. The van der Waals surface area contributed by atoms with E-state index in [-0.39, 0.29) is 0 Å². The molecule has 2 atom stereocenters. The molecule has 1 unspecified atom stereocenters. The third-order valence-electron chi connectivity index (χ3n) is 4.27. The normalized spacial score (nSPS) is 16.1. The van der Waals surface area contributed by atoms with E-state index in [9.17, 15) is 0 Å². The Morgan fingerprint density at radius 1 is 1.10 bits per heavy atom. The van der Waals surface area contributed by atoms with Gasteiger partial charge in [-0.3, -0.25) is 0 Å². The number of rotatable bonds is 5. The molecule has 0 bridgehead atoms. The molecule has 1 aliphatic heterocycles. The maximum absolute atomic E-state index is 5.60. The average molecular weight is 281 g/mol. The molecule has 2 heteroatoms. The summed E-state index contributed by atoms with van der Waals surface area (Å²) in [6.45, 7) is 5.29. The predicted octanol–water partition coefficient (Wildman–Crippen LogP) is 4.42. The van der Waals surface area contributed by atoms with Crippen LogP contribution in [0.25, 0.3) is 0 Å². The molecule has 21 heavy (non-hydrogen) atoms. The highest BCUT2D eigenvalue weighted by Gasteiger charge is 2.17. The predicted molar refractivity (Wildman–Crippen MR) is 86.7 cm³/mol. The van der Waals surface area contributed by atoms with Crippen LogP contribution in [-0.2, 0) is 6.42 Å². The first-order chi connectivity index (χ1) is 10.3. The van der Waals surface area contributed by atoms with Gasteiger partial charge in [0.25, 0.3) is 0 Å². The standard InChI is InChI=1S/C19H23NO/c1-3-18(20-14(2)15-7-5-4-6-8-15)16-9-10-19-17(13-16)11-12-21-19/h4-10,13-14,18,20H,3,11-12H2,1-2H3/t14-,18?/m1/s1. The molecule has 0 saturated carbocycles. The molecule has 0 aliphatic carbocycles. The van der Waals surface area contributed by atoms with Crippen molar-refractivity contribution in [2.75, 3.05) is 6.61 Å². The van der Waals surface area contributed by atoms with Crippen molar-refractivity contribution in [3.05, 3.63) is 65.2 Å². The zero-order valence-electron chi connectivity index (χ0n) is 12.8. The SMILES string of the molecule is CCC(N[C@H](C)c1ccccc1)c1ccc2c(c1)CCO2. The lowest BCUT2D eigenvalue weighted by atomic mass is 9.99. The molecule has 0 fully saturated rings. The Morgan fingerprint density at radius 2 is 1.90 bits per heavy atom. The molecule has 0 amide bonds. The van der Waals surface area contributed by atoms with Crippen molar-refractivity contribution < 1.29 is 4.74 Å². The van der Waals surface area contributed by atoms with Crippen molar-refractivity contribution in [2.45, 2.75) is 38.8 Å². The largest absolute Gasteiger partial charge is 0.493 e. The molecule has 1 aliphatic rings. The van der Waals surface area contributed by atoms with Gasteiger partial charge >= 0.3 is 0 Å². The van der Waals surface area contributed by atoms with Crippen LogP contribution in [0.2, 0.25) is 0 Å². The van der Waals surface area contributed by atoms with Crippen LogP contribution >= 0.6 is 0 Å². The smallest absolute Gasteiger partial charge is 0.122 e. The van der Waals surface area contributed by atoms with Crippen LogP contribution in [-0.4, -0.2) is 6.61 Å². The Hall–Kier alpha value is -1.80. The molecule has 0 radical (unpaired) electrons. The lowest BCUT2D eigenvalue weighted by Gasteiger charge is -2.23. The van der Waals surface area contributed by atoms with E-state index in [0.29, 0.717) is 12.1 Å². The van der Waals surface area contributed by atoms with E-state index in [0.717, 1.165) is 25.2 Å². The van der Waals surface area contributed by atoms with Gasteiger partial charge in [0, 0.05) is 18.5 Å². The van der Waals surface area contributed by atoms with E-state index < -0.39 is 0 Å². The van der Waals surface area contributed by atoms with Gasteiger partial charge in [-0.25, -0.2) is 0 Å². The van der Waals surface area contributed by atoms with Gasteiger partial charge in [-0.15, -0.1) is 0 Å². The monoisotopic (exact) mass is 281 g/mol. The molecule has 2 nitrogen and oxygen atoms in total. The molecule has 2 aromatic carbocycles. The molecule has 2 aromatic rings. The van der Waals surface area contributed by atoms with Gasteiger partial charge in [0.1, 0.15) is 5.75 Å². The minimum Gasteiger partial charge on any atom is -0.493 e. The summed E-state index contributed by atoms with van der Waals surface area (Å²) in [7, 11) is 0. The molecule has 1 heterocycles. The number of fused-ring (bicyclic) bond motifs is 1. The molecule has 0 spiro atoms. The Bertz CT molecular complexity index is 594. The van der Waals surface area contributed by atoms with Crippen molar-refractivity contribution in [3.63, 3.8) is 0 Å². The summed E-state index contributed by atoms with van der Waals surface area (Å²) < 4.78 is 5.60. The molecule has 0 aromatic heterocycles. The first-order valence-corrected chi connectivity index (χ1v) is 7.84. The van der Waals surface area contributed by atoms with Crippen LogP contribution in [0.4, 0.5) is 0 Å². The topological polar surface area (TPSA) is 21.3 Å². The fourth-order valence-corrected chi connectivity index (χ4v) is 3.01. The van der Waals surface area contributed by atoms with E-state index in [1.54, 1.807) is 0 Å². The molecular formula is C19H23NO. The van der Waals surface area contributed by atoms with Crippen molar-refractivity contribution in [1.82, 2.24) is 5.32 Å². The first-order valence-electron chi connectivity index (χ1n) is 7.84. The van der Waals surface area contributed by atoms with Gasteiger partial charge in [0.05, 0.1) is 6.61 Å². The van der Waals surface area contributed by atoms with Crippen molar-refractivity contribution in [1.29, 1.82) is 0 Å². The fourth-order valence-electron chi connectivity index (χ4n) is 3.01. The summed E-state index contributed by atoms with van der Waals surface area (Å²) in [5.74, 6) is 1.06. The summed E-state index contributed by atoms with van der Waals surface area (Å²) in [5, 5.41) is 3.75. The molecular weight excluding hydrogens is 258 g/mol. The Morgan fingerprint density at radius 3 is 2.67 bits per heavy atom. The number of hydrogen-bond donors (Lipinski definition) is 1. The third-order valence-corrected chi connectivity index (χ3v) is 4.27. The second-order valence-electron chi connectivity index (χ2n) is 5.73. The molecule has 110 valence electrons. The Kier molecular flexibility index (Phi) is 4.26. The number of nitrogens with one attached hydrogen (secondary N) is 1. The summed E-state index contributed by atoms with van der Waals surface area (Å²) >= 11 is 0. The van der Waals surface area contributed by atoms with E-state index in [1.165, 1.54) is 16.7 Å². The minimum absolute atomic E-state index is 0.348. The van der Waals surface area contributed by atoms with Crippen LogP contribution in [0.1, 0.15) is 49.0 Å². The highest BCUT2D eigenvalue weighted by atomic mass is 16.5. The minimum atomic E-state index is 0.348. The van der Waals surface area contributed by atoms with Crippen LogP contribution < -0.4 is 10.1 Å². The third kappa shape index (κ3) is 3.11. The van der Waals surface area contributed by atoms with Crippen LogP contribution in [0.3, 0.4) is 0 Å². The summed E-state index contributed by atoms with van der Waals surface area (Å²) in [4.78, 5) is 0. The quantitative estimate of drug-likeness (QED) is 0.875. The van der Waals surface area contributed by atoms with E-state index in [1.807, 2.05) is 0 Å². The fraction of sp³-hybridized carbons (Fsp3) is 0.368. The lowest BCUT2D eigenvalue weighted by Crippen LogP contribution is -2.24. The molecule has 3 rings (SSSR count). The number of hydrogen-bond acceptors (Lipinski definition) is 2. The maximum atomic E-state index is 5.60. The molecule has 1 N–H and O–H groups in total. The zero-order valence-corrected chi connectivity index (χ0v) is 12.8. The summed E-state index contributed by atoms with van der Waals surface area (Å²) in [6.07, 6.45) is 2.12. The van der Waals surface area contributed by atoms with Gasteiger partial charge in [0.15, 0.2) is 0 Å². The maximum Gasteiger partial charge on any atom is 0.122 e. The van der Waals surface area contributed by atoms with Gasteiger partial charge < -0.3 is 10.1 Å². The van der Waals surface area contributed by atoms with Crippen molar-refractivity contribution in [2.24, 2.45) is 0 Å². The van der Waals surface area contributed by atoms with E-state index in [2.05, 4.69) is 67.7 Å². The second-order valence-corrected chi connectivity index (χ2v) is 5.73. The van der Waals surface area contributed by atoms with Crippen LogP contribution in [0.15, 0.2) is 48.5 Å². The highest BCUT2D eigenvalue weighted by molar-refractivity contribution is 5.40.